The highest BCUT2D eigenvalue weighted by atomic mass is 16.9. The van der Waals surface area contributed by atoms with E-state index in [-0.39, 0.29) is 31.5 Å². The minimum atomic E-state index is -2.00. The minimum Gasteiger partial charge on any atom is -0.481 e. The number of hydrogen-bond donors (Lipinski definition) is 1. The van der Waals surface area contributed by atoms with Gasteiger partial charge >= 0.3 is 23.9 Å². The molecule has 4 saturated carbocycles. The van der Waals surface area contributed by atoms with Crippen molar-refractivity contribution in [2.24, 2.45) is 39.9 Å². The molecule has 12 atom stereocenters. The summed E-state index contributed by atoms with van der Waals surface area (Å²) in [6, 6.07) is 0. The van der Waals surface area contributed by atoms with Gasteiger partial charge < -0.3 is 33.5 Å². The smallest absolute Gasteiger partial charge is 0.309 e. The summed E-state index contributed by atoms with van der Waals surface area (Å²) in [6.45, 7) is 17.5. The molecule has 4 aliphatic carbocycles. The fourth-order valence-corrected chi connectivity index (χ4v) is 12.4. The molecule has 12 unspecified atom stereocenters. The Hall–Kier alpha value is -3.09. The van der Waals surface area contributed by atoms with Crippen LogP contribution in [0, 0.1) is 39.9 Å². The first-order valence-electron chi connectivity index (χ1n) is 18.0. The maximum Gasteiger partial charge on any atom is 0.309 e. The third kappa shape index (κ3) is 3.56. The normalized spacial score (nSPS) is 49.4. The lowest BCUT2D eigenvalue weighted by Gasteiger charge is -2.77. The molecule has 12 heteroatoms. The molecule has 12 nitrogen and oxygen atoms in total. The summed E-state index contributed by atoms with van der Waals surface area (Å²) in [6.07, 6.45) is 2.58. The first kappa shape index (κ1) is 35.3. The number of carbonyl (C=O) groups excluding carboxylic acids is 4. The van der Waals surface area contributed by atoms with Gasteiger partial charge in [-0.3, -0.25) is 24.0 Å². The second kappa shape index (κ2) is 10.3. The Balaban J connectivity index is 1.60. The van der Waals surface area contributed by atoms with Crippen LogP contribution in [-0.4, -0.2) is 75.4 Å². The van der Waals surface area contributed by atoms with E-state index in [0.717, 1.165) is 0 Å². The second-order valence-electron chi connectivity index (χ2n) is 17.1. The lowest BCUT2D eigenvalue weighted by molar-refractivity contribution is -0.477. The second-order valence-corrected chi connectivity index (χ2v) is 17.1. The van der Waals surface area contributed by atoms with Crippen molar-refractivity contribution in [2.45, 2.75) is 142 Å². The molecule has 0 aromatic carbocycles. The maximum atomic E-state index is 14.7. The van der Waals surface area contributed by atoms with Crippen LogP contribution in [0.2, 0.25) is 0 Å². The summed E-state index contributed by atoms with van der Waals surface area (Å²) in [4.78, 5) is 69.5. The van der Waals surface area contributed by atoms with Crippen molar-refractivity contribution in [3.8, 4) is 0 Å². The summed E-state index contributed by atoms with van der Waals surface area (Å²) >= 11 is 0. The molecule has 3 aliphatic heterocycles. The molecule has 7 rings (SSSR count). The van der Waals surface area contributed by atoms with E-state index in [1.807, 2.05) is 27.7 Å². The van der Waals surface area contributed by atoms with Gasteiger partial charge in [-0.25, -0.2) is 0 Å². The number of rotatable bonds is 9. The molecule has 1 N–H and O–H groups in total. The highest BCUT2D eigenvalue weighted by Crippen LogP contribution is 2.90. The number of carboxylic acids is 1. The largest absolute Gasteiger partial charge is 0.481 e. The zero-order chi connectivity index (χ0) is 36.8. The van der Waals surface area contributed by atoms with Crippen molar-refractivity contribution in [3.63, 3.8) is 0 Å². The van der Waals surface area contributed by atoms with Crippen LogP contribution in [0.4, 0.5) is 0 Å². The van der Waals surface area contributed by atoms with Crippen molar-refractivity contribution in [3.05, 3.63) is 23.8 Å². The number of aliphatic carboxylic acids is 1. The molecule has 4 bridgehead atoms. The molecule has 0 aromatic heterocycles. The molecule has 274 valence electrons. The Labute approximate surface area is 292 Å². The van der Waals surface area contributed by atoms with Gasteiger partial charge in [-0.2, -0.15) is 0 Å². The first-order chi connectivity index (χ1) is 23.2. The van der Waals surface area contributed by atoms with Crippen LogP contribution in [0.3, 0.4) is 0 Å². The van der Waals surface area contributed by atoms with E-state index in [9.17, 15) is 29.1 Å². The molecule has 3 spiro atoms. The molecule has 0 aromatic rings. The highest BCUT2D eigenvalue weighted by molar-refractivity contribution is 6.03. The zero-order valence-electron chi connectivity index (χ0n) is 30.7. The molecule has 0 amide bonds. The Kier molecular flexibility index (Phi) is 7.26. The van der Waals surface area contributed by atoms with Gasteiger partial charge in [-0.15, -0.1) is 0 Å². The molecular formula is C38H50O12. The molecule has 7 fully saturated rings. The number of carboxylic acid groups (broad SMARTS) is 1. The lowest BCUT2D eigenvalue weighted by Crippen LogP contribution is -2.94. The van der Waals surface area contributed by atoms with Gasteiger partial charge in [0.25, 0.3) is 5.97 Å². The predicted octanol–water partition coefficient (Wildman–Crippen LogP) is 4.82. The fourth-order valence-electron chi connectivity index (χ4n) is 12.4. The third-order valence-corrected chi connectivity index (χ3v) is 14.1. The van der Waals surface area contributed by atoms with Gasteiger partial charge in [0.1, 0.15) is 16.8 Å². The number of allylic oxidation sites excluding steroid dienone is 4. The number of fused-ring (bicyclic) bond motifs is 3. The number of esters is 3. The Morgan fingerprint density at radius 3 is 2.16 bits per heavy atom. The Morgan fingerprint density at radius 2 is 1.58 bits per heavy atom. The van der Waals surface area contributed by atoms with E-state index in [0.29, 0.717) is 12.0 Å². The van der Waals surface area contributed by atoms with Crippen LogP contribution >= 0.6 is 0 Å². The molecule has 3 saturated heterocycles. The third-order valence-electron chi connectivity index (χ3n) is 14.1. The molecular weight excluding hydrogens is 648 g/mol. The van der Waals surface area contributed by atoms with Crippen molar-refractivity contribution in [2.75, 3.05) is 0 Å². The minimum absolute atomic E-state index is 0.106. The monoisotopic (exact) mass is 698 g/mol. The van der Waals surface area contributed by atoms with E-state index in [1.54, 1.807) is 59.8 Å². The topological polar surface area (TPSA) is 161 Å². The van der Waals surface area contributed by atoms with E-state index in [1.165, 1.54) is 0 Å². The van der Waals surface area contributed by atoms with Gasteiger partial charge in [0, 0.05) is 41.1 Å². The maximum absolute atomic E-state index is 14.7. The Morgan fingerprint density at radius 1 is 0.940 bits per heavy atom. The molecule has 50 heavy (non-hydrogen) atoms. The molecule has 0 radical (unpaired) electrons. The Bertz CT molecular complexity index is 1660. The van der Waals surface area contributed by atoms with E-state index < -0.39 is 104 Å². The van der Waals surface area contributed by atoms with Gasteiger partial charge in [0.05, 0.1) is 18.3 Å². The highest BCUT2D eigenvalue weighted by Gasteiger charge is 3.05. The summed E-state index contributed by atoms with van der Waals surface area (Å²) in [5.41, 5.74) is -9.81. The van der Waals surface area contributed by atoms with Crippen LogP contribution in [-0.2, 0) is 52.4 Å². The number of Topliss-reactive ketones (excluding diaryl/α,β-unsaturated/α-hetero) is 1. The van der Waals surface area contributed by atoms with Crippen molar-refractivity contribution in [1.29, 1.82) is 0 Å². The van der Waals surface area contributed by atoms with Crippen LogP contribution in [0.1, 0.15) is 101 Å². The predicted molar refractivity (Wildman–Crippen MR) is 174 cm³/mol. The van der Waals surface area contributed by atoms with E-state index in [2.05, 4.69) is 0 Å². The lowest BCUT2D eigenvalue weighted by atomic mass is 9.33. The average Bonchev–Trinajstić information content (AvgIpc) is 3.46. The number of carbonyl (C=O) groups is 5. The van der Waals surface area contributed by atoms with Crippen molar-refractivity contribution < 1.29 is 57.5 Å². The SMILES string of the molecule is C/C=C\C(=C/C)C(=O)C1(C)CCC23OC4(C)OC25C1CC(=O)OC5C1(OC(=O)C(C)C)C(OC(=O)C(C)C)C2(C)CC1(O4)C3(C)C2CC(=O)O. The average molecular weight is 699 g/mol. The standard InChI is InChI=1S/C38H50O12/c1-11-13-21(12-2)26(42)31(7)14-15-35-33(9)22(16-24(39)40)32(8)18-36(33)38(47-28(44)20(5)6,29(32)46-27(43)19(3)4)30-37(35,23(31)17-25(41)45-30)50-34(10,48-35)49-36/h11-13,19-20,22-23,29-30H,14-18H2,1-10H3,(H,39,40)/b13-11-,21-12+. The quantitative estimate of drug-likeness (QED) is 0.152. The van der Waals surface area contributed by atoms with Gasteiger partial charge in [-0.05, 0) is 39.0 Å². The molecule has 7 aliphatic rings. The number of ether oxygens (including phenoxy) is 6. The van der Waals surface area contributed by atoms with Crippen LogP contribution in [0.5, 0.6) is 0 Å². The van der Waals surface area contributed by atoms with Crippen LogP contribution in [0.25, 0.3) is 0 Å². The fraction of sp³-hybridized carbons (Fsp3) is 0.763. The number of hydrogen-bond acceptors (Lipinski definition) is 11. The van der Waals surface area contributed by atoms with Gasteiger partial charge in [0.2, 0.25) is 5.60 Å². The van der Waals surface area contributed by atoms with Crippen LogP contribution < -0.4 is 0 Å². The van der Waals surface area contributed by atoms with E-state index >= 15 is 0 Å². The summed E-state index contributed by atoms with van der Waals surface area (Å²) in [5, 5.41) is 10.5. The summed E-state index contributed by atoms with van der Waals surface area (Å²) in [5.74, 6) is -7.80. The van der Waals surface area contributed by atoms with Gasteiger partial charge in [-0.1, -0.05) is 66.7 Å². The van der Waals surface area contributed by atoms with Crippen molar-refractivity contribution >= 4 is 29.7 Å². The number of ketones is 1. The molecule has 3 heterocycles. The van der Waals surface area contributed by atoms with Gasteiger partial charge in [0.15, 0.2) is 18.0 Å². The van der Waals surface area contributed by atoms with Crippen molar-refractivity contribution in [1.82, 2.24) is 0 Å². The first-order valence-corrected chi connectivity index (χ1v) is 18.0. The van der Waals surface area contributed by atoms with Crippen LogP contribution in [0.15, 0.2) is 23.8 Å². The summed E-state index contributed by atoms with van der Waals surface area (Å²) < 4.78 is 41.0. The zero-order valence-corrected chi connectivity index (χ0v) is 30.7. The van der Waals surface area contributed by atoms with E-state index in [4.69, 9.17) is 28.4 Å². The summed E-state index contributed by atoms with van der Waals surface area (Å²) in [7, 11) is 0.